The molecule has 11 heteroatoms. The van der Waals surface area contributed by atoms with E-state index in [1.165, 1.54) is 27.2 Å². The Morgan fingerprint density at radius 2 is 2.11 bits per heavy atom. The molecule has 37 heavy (non-hydrogen) atoms. The van der Waals surface area contributed by atoms with Crippen LogP contribution in [0.4, 0.5) is 4.39 Å². The van der Waals surface area contributed by atoms with E-state index in [4.69, 9.17) is 21.1 Å². The Hall–Kier alpha value is -3.89. The van der Waals surface area contributed by atoms with Crippen molar-refractivity contribution in [1.82, 2.24) is 14.0 Å². The van der Waals surface area contributed by atoms with Gasteiger partial charge in [0.15, 0.2) is 5.49 Å². The predicted octanol–water partition coefficient (Wildman–Crippen LogP) is 3.54. The normalized spacial score (nSPS) is 16.0. The Morgan fingerprint density at radius 3 is 2.84 bits per heavy atom. The second-order valence-electron chi connectivity index (χ2n) is 8.44. The number of amides is 1. The van der Waals surface area contributed by atoms with Crippen LogP contribution in [0.2, 0.25) is 5.02 Å². The molecule has 5 rings (SSSR count). The average Bonchev–Trinajstić information content (AvgIpc) is 3.39. The third kappa shape index (κ3) is 4.65. The number of carbonyl (C=O) groups excluding carboxylic acids is 2. The Kier molecular flexibility index (Phi) is 6.86. The number of benzene rings is 1. The van der Waals surface area contributed by atoms with E-state index in [-0.39, 0.29) is 46.4 Å². The quantitative estimate of drug-likeness (QED) is 0.292. The number of halogens is 2. The standard InChI is InChI=1S/C26H22ClFN4O5/c1-2-36-26(35)17-13-16-22(29-20-10-3-4-11-31(20)25(16)34)32(14-15-7-6-12-37-15)23(17)30-24(33)21-18(27)8-5-9-19(21)28/h3-5,8-11,13,15H,2,6-7,12,14H2,1H3. The highest BCUT2D eigenvalue weighted by Gasteiger charge is 2.24. The third-order valence-corrected chi connectivity index (χ3v) is 6.39. The van der Waals surface area contributed by atoms with Crippen molar-refractivity contribution in [2.24, 2.45) is 4.99 Å². The van der Waals surface area contributed by atoms with Crippen LogP contribution in [0.3, 0.4) is 0 Å². The van der Waals surface area contributed by atoms with Crippen LogP contribution in [-0.4, -0.2) is 45.1 Å². The molecule has 1 aliphatic heterocycles. The van der Waals surface area contributed by atoms with Crippen LogP contribution < -0.4 is 11.0 Å². The molecule has 1 fully saturated rings. The maximum Gasteiger partial charge on any atom is 0.341 e. The van der Waals surface area contributed by atoms with E-state index in [1.54, 1.807) is 31.3 Å². The minimum Gasteiger partial charge on any atom is -0.462 e. The van der Waals surface area contributed by atoms with E-state index in [9.17, 15) is 18.8 Å². The monoisotopic (exact) mass is 524 g/mol. The molecular formula is C26H22ClFN4O5. The minimum absolute atomic E-state index is 0.0457. The lowest BCUT2D eigenvalue weighted by Crippen LogP contribution is -2.35. The van der Waals surface area contributed by atoms with Crippen molar-refractivity contribution in [3.05, 3.63) is 86.5 Å². The zero-order valence-corrected chi connectivity index (χ0v) is 20.6. The smallest absolute Gasteiger partial charge is 0.341 e. The fourth-order valence-electron chi connectivity index (χ4n) is 4.38. The Morgan fingerprint density at radius 1 is 1.27 bits per heavy atom. The lowest BCUT2D eigenvalue weighted by Gasteiger charge is -2.18. The number of carbonyl (C=O) groups is 2. The van der Waals surface area contributed by atoms with Gasteiger partial charge in [-0.05, 0) is 50.1 Å². The molecule has 9 nitrogen and oxygen atoms in total. The van der Waals surface area contributed by atoms with Crippen molar-refractivity contribution >= 4 is 40.2 Å². The number of pyridine rings is 2. The van der Waals surface area contributed by atoms with E-state index in [2.05, 4.69) is 9.98 Å². The SMILES string of the molecule is CCOC(=O)c1cc2c(=O)n3ccccc3nc2n(CC2CCCO2)c1=NC(=O)c1c(F)cccc1Cl. The first-order valence-electron chi connectivity index (χ1n) is 11.8. The van der Waals surface area contributed by atoms with Crippen molar-refractivity contribution in [3.63, 3.8) is 0 Å². The molecule has 0 N–H and O–H groups in total. The van der Waals surface area contributed by atoms with Crippen molar-refractivity contribution in [3.8, 4) is 0 Å². The van der Waals surface area contributed by atoms with E-state index in [0.29, 0.717) is 12.3 Å². The Balaban J connectivity index is 1.88. The van der Waals surface area contributed by atoms with E-state index >= 15 is 0 Å². The van der Waals surface area contributed by atoms with Gasteiger partial charge >= 0.3 is 5.97 Å². The molecule has 0 saturated carbocycles. The number of rotatable bonds is 5. The molecule has 3 aromatic heterocycles. The summed E-state index contributed by atoms with van der Waals surface area (Å²) in [7, 11) is 0. The summed E-state index contributed by atoms with van der Waals surface area (Å²) in [6.07, 6.45) is 2.84. The van der Waals surface area contributed by atoms with E-state index in [1.807, 2.05) is 0 Å². The molecule has 1 atom stereocenters. The second kappa shape index (κ2) is 10.2. The highest BCUT2D eigenvalue weighted by Crippen LogP contribution is 2.21. The second-order valence-corrected chi connectivity index (χ2v) is 8.85. The van der Waals surface area contributed by atoms with Gasteiger partial charge in [0.25, 0.3) is 11.5 Å². The number of aromatic nitrogens is 3. The van der Waals surface area contributed by atoms with Gasteiger partial charge in [-0.3, -0.25) is 14.0 Å². The molecule has 0 radical (unpaired) electrons. The number of nitrogens with zero attached hydrogens (tertiary/aromatic N) is 4. The first kappa shape index (κ1) is 24.8. The number of hydrogen-bond donors (Lipinski definition) is 0. The molecule has 1 aromatic carbocycles. The molecule has 1 unspecified atom stereocenters. The summed E-state index contributed by atoms with van der Waals surface area (Å²) in [5.74, 6) is -2.64. The van der Waals surface area contributed by atoms with Gasteiger partial charge in [-0.2, -0.15) is 4.99 Å². The lowest BCUT2D eigenvalue weighted by molar-refractivity contribution is 0.0521. The highest BCUT2D eigenvalue weighted by atomic mass is 35.5. The maximum absolute atomic E-state index is 14.6. The summed E-state index contributed by atoms with van der Waals surface area (Å²) < 4.78 is 28.4. The van der Waals surface area contributed by atoms with Gasteiger partial charge in [0, 0.05) is 12.8 Å². The zero-order chi connectivity index (χ0) is 26.1. The average molecular weight is 525 g/mol. The Bertz CT molecular complexity index is 1650. The van der Waals surface area contributed by atoms with Gasteiger partial charge in [0.2, 0.25) is 0 Å². The first-order valence-corrected chi connectivity index (χ1v) is 12.1. The van der Waals surface area contributed by atoms with Crippen LogP contribution in [0.25, 0.3) is 16.7 Å². The lowest BCUT2D eigenvalue weighted by atomic mass is 10.1. The van der Waals surface area contributed by atoms with Gasteiger partial charge in [-0.1, -0.05) is 23.7 Å². The van der Waals surface area contributed by atoms with Gasteiger partial charge < -0.3 is 14.0 Å². The summed E-state index contributed by atoms with van der Waals surface area (Å²) in [5, 5.41) is 0.000312. The Labute approximate surface area is 214 Å². The fourth-order valence-corrected chi connectivity index (χ4v) is 4.62. The maximum atomic E-state index is 14.6. The molecule has 0 spiro atoms. The van der Waals surface area contributed by atoms with E-state index in [0.717, 1.165) is 18.9 Å². The molecule has 190 valence electrons. The highest BCUT2D eigenvalue weighted by molar-refractivity contribution is 6.33. The topological polar surface area (TPSA) is 104 Å². The van der Waals surface area contributed by atoms with Crippen LogP contribution in [0.5, 0.6) is 0 Å². The number of hydrogen-bond acceptors (Lipinski definition) is 6. The molecule has 1 aliphatic rings. The van der Waals surface area contributed by atoms with Gasteiger partial charge in [-0.15, -0.1) is 0 Å². The summed E-state index contributed by atoms with van der Waals surface area (Å²) in [6.45, 7) is 2.38. The molecule has 1 saturated heterocycles. The minimum atomic E-state index is -0.994. The van der Waals surface area contributed by atoms with Crippen LogP contribution in [0.15, 0.2) is 58.4 Å². The molecule has 4 aromatic rings. The number of ether oxygens (including phenoxy) is 2. The molecule has 0 aliphatic carbocycles. The van der Waals surface area contributed by atoms with Crippen molar-refractivity contribution in [2.45, 2.75) is 32.4 Å². The summed E-state index contributed by atoms with van der Waals surface area (Å²) in [4.78, 5) is 48.5. The van der Waals surface area contributed by atoms with E-state index < -0.39 is 28.8 Å². The van der Waals surface area contributed by atoms with Crippen LogP contribution in [-0.2, 0) is 16.0 Å². The van der Waals surface area contributed by atoms with Crippen molar-refractivity contribution in [2.75, 3.05) is 13.2 Å². The number of esters is 1. The number of fused-ring (bicyclic) bond motifs is 2. The van der Waals surface area contributed by atoms with Crippen molar-refractivity contribution in [1.29, 1.82) is 0 Å². The molecule has 0 bridgehead atoms. The largest absolute Gasteiger partial charge is 0.462 e. The van der Waals surface area contributed by atoms with Crippen LogP contribution in [0.1, 0.15) is 40.5 Å². The van der Waals surface area contributed by atoms with Crippen LogP contribution >= 0.6 is 11.6 Å². The first-order chi connectivity index (χ1) is 17.9. The summed E-state index contributed by atoms with van der Waals surface area (Å²) >= 11 is 6.11. The fraction of sp³-hybridized carbons (Fsp3) is 0.269. The van der Waals surface area contributed by atoms with Crippen LogP contribution in [0, 0.1) is 5.82 Å². The molecule has 1 amide bonds. The van der Waals surface area contributed by atoms with Gasteiger partial charge in [0.05, 0.1) is 35.2 Å². The third-order valence-electron chi connectivity index (χ3n) is 6.08. The summed E-state index contributed by atoms with van der Waals surface area (Å²) in [5.41, 5.74) is -0.553. The molecular weight excluding hydrogens is 503 g/mol. The predicted molar refractivity (Wildman–Crippen MR) is 133 cm³/mol. The van der Waals surface area contributed by atoms with Crippen molar-refractivity contribution < 1.29 is 23.5 Å². The molecule has 4 heterocycles. The zero-order valence-electron chi connectivity index (χ0n) is 19.8. The van der Waals surface area contributed by atoms with Gasteiger partial charge in [0.1, 0.15) is 22.7 Å². The summed E-state index contributed by atoms with van der Waals surface area (Å²) in [6, 6.07) is 10.2. The van der Waals surface area contributed by atoms with Gasteiger partial charge in [-0.25, -0.2) is 14.2 Å².